The molecule has 1 heterocycles. The Morgan fingerprint density at radius 2 is 1.89 bits per heavy atom. The van der Waals surface area contributed by atoms with Gasteiger partial charge in [-0.1, -0.05) is 42.5 Å². The molecule has 1 spiro atoms. The summed E-state index contributed by atoms with van der Waals surface area (Å²) in [6, 6.07) is 14.0. The van der Waals surface area contributed by atoms with E-state index in [1.807, 2.05) is 42.5 Å². The van der Waals surface area contributed by atoms with Crippen LogP contribution in [0.15, 0.2) is 42.5 Å². The number of rotatable bonds is 6. The summed E-state index contributed by atoms with van der Waals surface area (Å²) in [5.74, 6) is -1.47. The number of carbonyl (C=O) groups is 2. The molecule has 0 radical (unpaired) electrons. The Labute approximate surface area is 158 Å². The van der Waals surface area contributed by atoms with Crippen LogP contribution in [-0.4, -0.2) is 36.7 Å². The van der Waals surface area contributed by atoms with Gasteiger partial charge in [0.25, 0.3) is 0 Å². The van der Waals surface area contributed by atoms with Gasteiger partial charge in [-0.2, -0.15) is 0 Å². The van der Waals surface area contributed by atoms with E-state index in [2.05, 4.69) is 5.32 Å². The summed E-state index contributed by atoms with van der Waals surface area (Å²) in [5.41, 5.74) is 1.09. The fourth-order valence-corrected chi connectivity index (χ4v) is 4.29. The SMILES string of the molecule is O=C(O)C(CNC(=O)C1CC12CCOCC2)Cc1ccc2ccccc2c1. The molecule has 27 heavy (non-hydrogen) atoms. The maximum Gasteiger partial charge on any atom is 0.308 e. The van der Waals surface area contributed by atoms with Gasteiger partial charge in [-0.25, -0.2) is 0 Å². The summed E-state index contributed by atoms with van der Waals surface area (Å²) in [6.07, 6.45) is 3.18. The Kier molecular flexibility index (Phi) is 4.87. The number of fused-ring (bicyclic) bond motifs is 1. The van der Waals surface area contributed by atoms with E-state index in [-0.39, 0.29) is 23.8 Å². The normalized spacial score (nSPS) is 21.7. The van der Waals surface area contributed by atoms with Crippen LogP contribution < -0.4 is 5.32 Å². The molecule has 5 nitrogen and oxygen atoms in total. The molecule has 2 atom stereocenters. The predicted octanol–water partition coefficient (Wildman–Crippen LogP) is 3.02. The van der Waals surface area contributed by atoms with E-state index in [1.54, 1.807) is 0 Å². The van der Waals surface area contributed by atoms with Gasteiger partial charge in [0.2, 0.25) is 5.91 Å². The Morgan fingerprint density at radius 3 is 2.63 bits per heavy atom. The van der Waals surface area contributed by atoms with Crippen molar-refractivity contribution in [2.45, 2.75) is 25.7 Å². The number of amides is 1. The van der Waals surface area contributed by atoms with Crippen molar-refractivity contribution in [2.24, 2.45) is 17.3 Å². The molecule has 0 aromatic heterocycles. The Morgan fingerprint density at radius 1 is 1.15 bits per heavy atom. The molecular formula is C22H25NO4. The van der Waals surface area contributed by atoms with Gasteiger partial charge in [-0.05, 0) is 47.4 Å². The lowest BCUT2D eigenvalue weighted by molar-refractivity contribution is -0.141. The van der Waals surface area contributed by atoms with Gasteiger partial charge >= 0.3 is 5.97 Å². The van der Waals surface area contributed by atoms with Gasteiger partial charge in [0.15, 0.2) is 0 Å². The zero-order valence-corrected chi connectivity index (χ0v) is 15.3. The summed E-state index contributed by atoms with van der Waals surface area (Å²) in [4.78, 5) is 24.2. The van der Waals surface area contributed by atoms with E-state index in [0.717, 1.165) is 48.8 Å². The molecule has 2 N–H and O–H groups in total. The second kappa shape index (κ2) is 7.31. The van der Waals surface area contributed by atoms with Crippen molar-refractivity contribution in [2.75, 3.05) is 19.8 Å². The molecule has 1 amide bonds. The minimum absolute atomic E-state index is 0.00154. The van der Waals surface area contributed by atoms with E-state index in [0.29, 0.717) is 6.42 Å². The molecule has 1 aliphatic heterocycles. The number of aliphatic carboxylic acids is 1. The van der Waals surface area contributed by atoms with Gasteiger partial charge in [0.05, 0.1) is 5.92 Å². The number of carboxylic acid groups (broad SMARTS) is 1. The second-order valence-electron chi connectivity index (χ2n) is 7.90. The Balaban J connectivity index is 1.36. The van der Waals surface area contributed by atoms with Crippen molar-refractivity contribution in [3.05, 3.63) is 48.0 Å². The first kappa shape index (κ1) is 18.0. The minimum atomic E-state index is -0.875. The highest BCUT2D eigenvalue weighted by Gasteiger charge is 2.57. The summed E-state index contributed by atoms with van der Waals surface area (Å²) in [5, 5.41) is 14.7. The quantitative estimate of drug-likeness (QED) is 0.823. The van der Waals surface area contributed by atoms with Crippen molar-refractivity contribution in [1.82, 2.24) is 5.32 Å². The van der Waals surface area contributed by atoms with Crippen LogP contribution in [0.4, 0.5) is 0 Å². The first-order valence-electron chi connectivity index (χ1n) is 9.63. The van der Waals surface area contributed by atoms with Gasteiger partial charge in [-0.15, -0.1) is 0 Å². The Bertz CT molecular complexity index is 856. The largest absolute Gasteiger partial charge is 0.481 e. The van der Waals surface area contributed by atoms with E-state index in [9.17, 15) is 14.7 Å². The number of hydrogen-bond donors (Lipinski definition) is 2. The first-order chi connectivity index (χ1) is 13.1. The molecule has 2 unspecified atom stereocenters. The van der Waals surface area contributed by atoms with Gasteiger partial charge < -0.3 is 15.2 Å². The lowest BCUT2D eigenvalue weighted by Crippen LogP contribution is -2.36. The second-order valence-corrected chi connectivity index (χ2v) is 7.90. The molecule has 5 heteroatoms. The molecule has 1 saturated heterocycles. The highest BCUT2D eigenvalue weighted by Crippen LogP contribution is 2.59. The molecule has 0 bridgehead atoms. The molecule has 4 rings (SSSR count). The van der Waals surface area contributed by atoms with Crippen LogP contribution in [0.2, 0.25) is 0 Å². The number of carbonyl (C=O) groups excluding carboxylic acids is 1. The van der Waals surface area contributed by atoms with Crippen molar-refractivity contribution < 1.29 is 19.4 Å². The molecule has 1 aliphatic carbocycles. The third kappa shape index (κ3) is 3.83. The van der Waals surface area contributed by atoms with Crippen LogP contribution in [0.5, 0.6) is 0 Å². The van der Waals surface area contributed by atoms with Gasteiger partial charge in [0.1, 0.15) is 0 Å². The van der Waals surface area contributed by atoms with Crippen molar-refractivity contribution in [3.63, 3.8) is 0 Å². The highest BCUT2D eigenvalue weighted by atomic mass is 16.5. The van der Waals surface area contributed by atoms with E-state index < -0.39 is 11.9 Å². The predicted molar refractivity (Wildman–Crippen MR) is 102 cm³/mol. The molecule has 142 valence electrons. The standard InChI is InChI=1S/C22H25NO4/c24-20(19-13-22(19)7-9-27-10-8-22)23-14-18(21(25)26)12-15-5-6-16-3-1-2-4-17(16)11-15/h1-6,11,18-19H,7-10,12-14H2,(H,23,24)(H,25,26). The van der Waals surface area contributed by atoms with E-state index in [4.69, 9.17) is 4.74 Å². The molecule has 1 saturated carbocycles. The first-order valence-corrected chi connectivity index (χ1v) is 9.63. The summed E-state index contributed by atoms with van der Waals surface area (Å²) in [6.45, 7) is 1.62. The maximum absolute atomic E-state index is 12.5. The van der Waals surface area contributed by atoms with Crippen LogP contribution in [-0.2, 0) is 20.7 Å². The summed E-state index contributed by atoms with van der Waals surface area (Å²) in [7, 11) is 0. The van der Waals surface area contributed by atoms with E-state index >= 15 is 0 Å². The van der Waals surface area contributed by atoms with Crippen molar-refractivity contribution in [3.8, 4) is 0 Å². The molecule has 2 aromatic rings. The van der Waals surface area contributed by atoms with Gasteiger partial charge in [-0.3, -0.25) is 9.59 Å². The molecule has 2 fully saturated rings. The zero-order valence-electron chi connectivity index (χ0n) is 15.3. The maximum atomic E-state index is 12.5. The number of carboxylic acids is 1. The summed E-state index contributed by atoms with van der Waals surface area (Å²) >= 11 is 0. The van der Waals surface area contributed by atoms with E-state index in [1.165, 1.54) is 0 Å². The van der Waals surface area contributed by atoms with Crippen LogP contribution in [0.3, 0.4) is 0 Å². The lowest BCUT2D eigenvalue weighted by atomic mass is 9.93. The smallest absolute Gasteiger partial charge is 0.308 e. The lowest BCUT2D eigenvalue weighted by Gasteiger charge is -2.22. The number of benzene rings is 2. The Hall–Kier alpha value is -2.40. The fraction of sp³-hybridized carbons (Fsp3) is 0.455. The monoisotopic (exact) mass is 367 g/mol. The molecular weight excluding hydrogens is 342 g/mol. The molecule has 2 aromatic carbocycles. The number of ether oxygens (including phenoxy) is 1. The van der Waals surface area contributed by atoms with Crippen molar-refractivity contribution in [1.29, 1.82) is 0 Å². The molecule has 2 aliphatic rings. The van der Waals surface area contributed by atoms with Gasteiger partial charge in [0, 0.05) is 25.7 Å². The van der Waals surface area contributed by atoms with Crippen LogP contribution in [0.1, 0.15) is 24.8 Å². The third-order valence-electron chi connectivity index (χ3n) is 6.16. The average molecular weight is 367 g/mol. The average Bonchev–Trinajstić information content (AvgIpc) is 3.38. The van der Waals surface area contributed by atoms with Crippen molar-refractivity contribution >= 4 is 22.6 Å². The number of hydrogen-bond acceptors (Lipinski definition) is 3. The zero-order chi connectivity index (χ0) is 18.9. The highest BCUT2D eigenvalue weighted by molar-refractivity contribution is 5.84. The summed E-state index contributed by atoms with van der Waals surface area (Å²) < 4.78 is 5.39. The number of nitrogens with one attached hydrogen (secondary N) is 1. The fourth-order valence-electron chi connectivity index (χ4n) is 4.29. The van der Waals surface area contributed by atoms with Crippen LogP contribution in [0, 0.1) is 17.3 Å². The topological polar surface area (TPSA) is 75.6 Å². The minimum Gasteiger partial charge on any atom is -0.481 e. The van der Waals surface area contributed by atoms with Crippen LogP contribution >= 0.6 is 0 Å². The third-order valence-corrected chi connectivity index (χ3v) is 6.16. The van der Waals surface area contributed by atoms with Crippen LogP contribution in [0.25, 0.3) is 10.8 Å².